The molecule has 0 aliphatic heterocycles. The summed E-state index contributed by atoms with van der Waals surface area (Å²) in [7, 11) is 0. The smallest absolute Gasteiger partial charge is 0.241 e. The molecule has 0 aliphatic carbocycles. The molecule has 18 heavy (non-hydrogen) atoms. The quantitative estimate of drug-likeness (QED) is 0.863. The Balaban J connectivity index is 1.92. The van der Waals surface area contributed by atoms with Crippen molar-refractivity contribution in [2.75, 3.05) is 0 Å². The Labute approximate surface area is 106 Å². The molecule has 1 aromatic heterocycles. The number of hydrogen-bond acceptors (Lipinski definition) is 3. The number of amides is 1. The highest BCUT2D eigenvalue weighted by atomic mass is 16.3. The van der Waals surface area contributed by atoms with Gasteiger partial charge in [0.05, 0.1) is 6.54 Å². The van der Waals surface area contributed by atoms with Crippen molar-refractivity contribution in [1.82, 2.24) is 5.32 Å². The van der Waals surface area contributed by atoms with Crippen LogP contribution in [-0.2, 0) is 11.3 Å². The fourth-order valence-corrected chi connectivity index (χ4v) is 1.68. The van der Waals surface area contributed by atoms with Gasteiger partial charge in [0, 0.05) is 0 Å². The minimum absolute atomic E-state index is 0.213. The van der Waals surface area contributed by atoms with Crippen LogP contribution >= 0.6 is 0 Å². The van der Waals surface area contributed by atoms with Gasteiger partial charge in [0.1, 0.15) is 17.6 Å². The second kappa shape index (κ2) is 5.51. The van der Waals surface area contributed by atoms with E-state index in [2.05, 4.69) is 5.32 Å². The minimum Gasteiger partial charge on any atom is -0.465 e. The van der Waals surface area contributed by atoms with Gasteiger partial charge < -0.3 is 15.5 Å². The van der Waals surface area contributed by atoms with Gasteiger partial charge in [-0.05, 0) is 24.6 Å². The normalized spacial score (nSPS) is 12.1. The third kappa shape index (κ3) is 2.99. The number of benzene rings is 1. The summed E-state index contributed by atoms with van der Waals surface area (Å²) in [5.74, 6) is 1.34. The predicted octanol–water partition coefficient (Wildman–Crippen LogP) is 1.90. The topological polar surface area (TPSA) is 68.3 Å². The zero-order valence-corrected chi connectivity index (χ0v) is 10.2. The van der Waals surface area contributed by atoms with Gasteiger partial charge in [0.2, 0.25) is 5.91 Å². The molecule has 0 saturated carbocycles. The van der Waals surface area contributed by atoms with Crippen molar-refractivity contribution in [3.05, 3.63) is 59.5 Å². The Morgan fingerprint density at radius 1 is 1.28 bits per heavy atom. The summed E-state index contributed by atoms with van der Waals surface area (Å²) in [5, 5.41) is 2.75. The van der Waals surface area contributed by atoms with E-state index in [0.717, 1.165) is 17.1 Å². The number of nitrogens with one attached hydrogen (secondary N) is 1. The van der Waals surface area contributed by atoms with Crippen LogP contribution in [0.2, 0.25) is 0 Å². The Bertz CT molecular complexity index is 520. The molecule has 0 radical (unpaired) electrons. The molecule has 0 saturated heterocycles. The van der Waals surface area contributed by atoms with E-state index < -0.39 is 6.04 Å². The SMILES string of the molecule is Cc1ccc(CNC(=O)[C@@H](N)c2ccccc2)o1. The number of rotatable bonds is 4. The van der Waals surface area contributed by atoms with E-state index in [-0.39, 0.29) is 5.91 Å². The second-order valence-corrected chi connectivity index (χ2v) is 4.12. The van der Waals surface area contributed by atoms with Crippen LogP contribution in [-0.4, -0.2) is 5.91 Å². The Hall–Kier alpha value is -2.07. The van der Waals surface area contributed by atoms with Gasteiger partial charge in [-0.25, -0.2) is 0 Å². The van der Waals surface area contributed by atoms with E-state index >= 15 is 0 Å². The number of furan rings is 1. The molecule has 1 heterocycles. The maximum absolute atomic E-state index is 11.8. The average molecular weight is 244 g/mol. The molecule has 0 aliphatic rings. The first-order valence-corrected chi connectivity index (χ1v) is 5.80. The summed E-state index contributed by atoms with van der Waals surface area (Å²) >= 11 is 0. The first-order valence-electron chi connectivity index (χ1n) is 5.80. The van der Waals surface area contributed by atoms with Gasteiger partial charge in [-0.15, -0.1) is 0 Å². The number of aryl methyl sites for hydroxylation is 1. The predicted molar refractivity (Wildman–Crippen MR) is 68.7 cm³/mol. The largest absolute Gasteiger partial charge is 0.465 e. The number of hydrogen-bond donors (Lipinski definition) is 2. The number of carbonyl (C=O) groups excluding carboxylic acids is 1. The molecule has 0 spiro atoms. The van der Waals surface area contributed by atoms with Gasteiger partial charge in [0.25, 0.3) is 0 Å². The summed E-state index contributed by atoms with van der Waals surface area (Å²) in [5.41, 5.74) is 6.66. The highest BCUT2D eigenvalue weighted by Crippen LogP contribution is 2.10. The molecule has 2 aromatic rings. The van der Waals surface area contributed by atoms with Gasteiger partial charge >= 0.3 is 0 Å². The van der Waals surface area contributed by atoms with Crippen molar-refractivity contribution in [3.8, 4) is 0 Å². The molecule has 2 rings (SSSR count). The van der Waals surface area contributed by atoms with Crippen LogP contribution in [0.3, 0.4) is 0 Å². The summed E-state index contributed by atoms with van der Waals surface area (Å²) in [6.45, 7) is 2.22. The Morgan fingerprint density at radius 2 is 2.00 bits per heavy atom. The third-order valence-electron chi connectivity index (χ3n) is 2.67. The van der Waals surface area contributed by atoms with Gasteiger partial charge in [-0.3, -0.25) is 4.79 Å². The van der Waals surface area contributed by atoms with Crippen LogP contribution in [0.15, 0.2) is 46.9 Å². The van der Waals surface area contributed by atoms with Crippen molar-refractivity contribution in [2.45, 2.75) is 19.5 Å². The van der Waals surface area contributed by atoms with Gasteiger partial charge in [-0.2, -0.15) is 0 Å². The van der Waals surface area contributed by atoms with Crippen LogP contribution < -0.4 is 11.1 Å². The van der Waals surface area contributed by atoms with Gasteiger partial charge in [0.15, 0.2) is 0 Å². The molecule has 1 aromatic carbocycles. The number of carbonyl (C=O) groups is 1. The lowest BCUT2D eigenvalue weighted by atomic mass is 10.1. The maximum Gasteiger partial charge on any atom is 0.241 e. The fraction of sp³-hybridized carbons (Fsp3) is 0.214. The van der Waals surface area contributed by atoms with E-state index in [9.17, 15) is 4.79 Å². The summed E-state index contributed by atoms with van der Waals surface area (Å²) < 4.78 is 5.36. The first kappa shape index (κ1) is 12.4. The molecule has 0 fully saturated rings. The molecule has 94 valence electrons. The van der Waals surface area contributed by atoms with Crippen molar-refractivity contribution < 1.29 is 9.21 Å². The molecule has 4 heteroatoms. The maximum atomic E-state index is 11.8. The van der Waals surface area contributed by atoms with Crippen molar-refractivity contribution in [2.24, 2.45) is 5.73 Å². The lowest BCUT2D eigenvalue weighted by molar-refractivity contribution is -0.122. The molecule has 1 amide bonds. The second-order valence-electron chi connectivity index (χ2n) is 4.12. The van der Waals surface area contributed by atoms with Crippen molar-refractivity contribution >= 4 is 5.91 Å². The zero-order chi connectivity index (χ0) is 13.0. The molecule has 3 N–H and O–H groups in total. The summed E-state index contributed by atoms with van der Waals surface area (Å²) in [4.78, 5) is 11.8. The molecular formula is C14H16N2O2. The molecular weight excluding hydrogens is 228 g/mol. The van der Waals surface area contributed by atoms with Crippen LogP contribution in [0.4, 0.5) is 0 Å². The van der Waals surface area contributed by atoms with Crippen molar-refractivity contribution in [1.29, 1.82) is 0 Å². The Kier molecular flexibility index (Phi) is 3.79. The molecule has 0 bridgehead atoms. The van der Waals surface area contributed by atoms with E-state index in [1.165, 1.54) is 0 Å². The molecule has 1 atom stereocenters. The summed E-state index contributed by atoms with van der Waals surface area (Å²) in [6, 6.07) is 12.3. The standard InChI is InChI=1S/C14H16N2O2/c1-10-7-8-12(18-10)9-16-14(17)13(15)11-5-3-2-4-6-11/h2-8,13H,9,15H2,1H3,(H,16,17)/t13-/m0/s1. The highest BCUT2D eigenvalue weighted by Gasteiger charge is 2.15. The van der Waals surface area contributed by atoms with Crippen molar-refractivity contribution in [3.63, 3.8) is 0 Å². The molecule has 4 nitrogen and oxygen atoms in total. The van der Waals surface area contributed by atoms with E-state index in [0.29, 0.717) is 6.54 Å². The lowest BCUT2D eigenvalue weighted by Gasteiger charge is -2.11. The van der Waals surface area contributed by atoms with E-state index in [4.69, 9.17) is 10.2 Å². The zero-order valence-electron chi connectivity index (χ0n) is 10.2. The average Bonchev–Trinajstić information content (AvgIpc) is 2.82. The Morgan fingerprint density at radius 3 is 2.61 bits per heavy atom. The van der Waals surface area contributed by atoms with Crippen LogP contribution in [0.5, 0.6) is 0 Å². The van der Waals surface area contributed by atoms with Gasteiger partial charge in [-0.1, -0.05) is 30.3 Å². The molecule has 0 unspecified atom stereocenters. The fourth-order valence-electron chi connectivity index (χ4n) is 1.68. The van der Waals surface area contributed by atoms with E-state index in [1.807, 2.05) is 49.4 Å². The number of nitrogens with two attached hydrogens (primary N) is 1. The first-order chi connectivity index (χ1) is 8.66. The van der Waals surface area contributed by atoms with Crippen LogP contribution in [0.25, 0.3) is 0 Å². The van der Waals surface area contributed by atoms with E-state index in [1.54, 1.807) is 0 Å². The lowest BCUT2D eigenvalue weighted by Crippen LogP contribution is -2.33. The van der Waals surface area contributed by atoms with Crippen LogP contribution in [0.1, 0.15) is 23.1 Å². The highest BCUT2D eigenvalue weighted by molar-refractivity contribution is 5.82. The summed E-state index contributed by atoms with van der Waals surface area (Å²) in [6.07, 6.45) is 0. The van der Waals surface area contributed by atoms with Crippen LogP contribution in [0, 0.1) is 6.92 Å². The minimum atomic E-state index is -0.651. The third-order valence-corrected chi connectivity index (χ3v) is 2.67. The monoisotopic (exact) mass is 244 g/mol.